The monoisotopic (exact) mass is 203 g/mol. The highest BCUT2D eigenvalue weighted by atomic mass is 16.6. The van der Waals surface area contributed by atoms with Crippen molar-refractivity contribution in [1.82, 2.24) is 5.32 Å². The molecular weight excluding hydrogens is 182 g/mol. The fraction of sp³-hybridized carbons (Fsp3) is 0.889. The van der Waals surface area contributed by atoms with Gasteiger partial charge in [-0.05, 0) is 20.8 Å². The Morgan fingerprint density at radius 1 is 1.43 bits per heavy atom. The summed E-state index contributed by atoms with van der Waals surface area (Å²) < 4.78 is 5.17. The Morgan fingerprint density at radius 2 is 2.00 bits per heavy atom. The van der Waals surface area contributed by atoms with Crippen LogP contribution in [0.1, 0.15) is 20.8 Å². The van der Waals surface area contributed by atoms with Gasteiger partial charge < -0.3 is 21.5 Å². The van der Waals surface area contributed by atoms with E-state index in [1.54, 1.807) is 0 Å². The molecule has 14 heavy (non-hydrogen) atoms. The molecule has 5 nitrogen and oxygen atoms in total. The van der Waals surface area contributed by atoms with Crippen molar-refractivity contribution >= 4 is 5.97 Å². The van der Waals surface area contributed by atoms with Crippen molar-refractivity contribution in [3.63, 3.8) is 0 Å². The number of carbonyl (C=O) groups is 1. The molecule has 5 N–H and O–H groups in total. The van der Waals surface area contributed by atoms with Gasteiger partial charge in [0.15, 0.2) is 0 Å². The van der Waals surface area contributed by atoms with E-state index in [-0.39, 0.29) is 12.5 Å². The lowest BCUT2D eigenvalue weighted by Gasteiger charge is -2.23. The Labute approximate surface area is 85.2 Å². The van der Waals surface area contributed by atoms with Crippen LogP contribution in [0.4, 0.5) is 0 Å². The van der Waals surface area contributed by atoms with Crippen LogP contribution >= 0.6 is 0 Å². The van der Waals surface area contributed by atoms with Gasteiger partial charge in [-0.25, -0.2) is 0 Å². The molecule has 84 valence electrons. The van der Waals surface area contributed by atoms with E-state index in [1.165, 1.54) is 0 Å². The molecule has 0 aliphatic carbocycles. The Morgan fingerprint density at radius 3 is 2.36 bits per heavy atom. The molecule has 0 aromatic heterocycles. The first-order valence-corrected chi connectivity index (χ1v) is 4.77. The lowest BCUT2D eigenvalue weighted by molar-refractivity contribution is -0.157. The molecular formula is C9H21N3O2. The van der Waals surface area contributed by atoms with Gasteiger partial charge in [0.1, 0.15) is 11.6 Å². The number of nitrogens with one attached hydrogen (secondary N) is 1. The first kappa shape index (κ1) is 13.4. The summed E-state index contributed by atoms with van der Waals surface area (Å²) >= 11 is 0. The molecule has 1 atom stereocenters. The summed E-state index contributed by atoms with van der Waals surface area (Å²) in [7, 11) is 0. The first-order chi connectivity index (χ1) is 6.40. The van der Waals surface area contributed by atoms with E-state index in [0.29, 0.717) is 13.1 Å². The van der Waals surface area contributed by atoms with Crippen molar-refractivity contribution in [1.29, 1.82) is 0 Å². The van der Waals surface area contributed by atoms with Crippen LogP contribution in [0.2, 0.25) is 0 Å². The summed E-state index contributed by atoms with van der Waals surface area (Å²) in [6.45, 7) is 6.71. The van der Waals surface area contributed by atoms with Gasteiger partial charge in [0, 0.05) is 19.6 Å². The molecule has 0 aliphatic heterocycles. The highest BCUT2D eigenvalue weighted by molar-refractivity contribution is 5.76. The van der Waals surface area contributed by atoms with E-state index >= 15 is 0 Å². The van der Waals surface area contributed by atoms with Gasteiger partial charge in [-0.1, -0.05) is 0 Å². The fourth-order valence-corrected chi connectivity index (χ4v) is 0.893. The second-order valence-electron chi connectivity index (χ2n) is 4.06. The van der Waals surface area contributed by atoms with Gasteiger partial charge >= 0.3 is 5.97 Å². The Hall–Kier alpha value is -0.650. The van der Waals surface area contributed by atoms with Crippen molar-refractivity contribution in [3.8, 4) is 0 Å². The molecule has 1 unspecified atom stereocenters. The maximum Gasteiger partial charge on any atom is 0.324 e. The van der Waals surface area contributed by atoms with Crippen LogP contribution < -0.4 is 16.8 Å². The molecule has 0 aromatic carbocycles. The van der Waals surface area contributed by atoms with Gasteiger partial charge in [-0.15, -0.1) is 0 Å². The molecule has 0 fully saturated rings. The number of esters is 1. The number of rotatable bonds is 5. The third-order valence-electron chi connectivity index (χ3n) is 1.46. The Bertz CT molecular complexity index is 177. The number of ether oxygens (including phenoxy) is 1. The number of carbonyl (C=O) groups excluding carboxylic acids is 1. The van der Waals surface area contributed by atoms with Crippen LogP contribution in [-0.4, -0.2) is 37.2 Å². The van der Waals surface area contributed by atoms with Gasteiger partial charge in [0.25, 0.3) is 0 Å². The third-order valence-corrected chi connectivity index (χ3v) is 1.46. The molecule has 0 bridgehead atoms. The van der Waals surface area contributed by atoms with Gasteiger partial charge in [-0.2, -0.15) is 0 Å². The van der Waals surface area contributed by atoms with Crippen LogP contribution in [0.15, 0.2) is 0 Å². The Balaban J connectivity index is 4.04. The molecule has 0 rings (SSSR count). The molecule has 0 aliphatic rings. The molecule has 0 aromatic rings. The first-order valence-electron chi connectivity index (χ1n) is 4.77. The van der Waals surface area contributed by atoms with Crippen LogP contribution in [0.5, 0.6) is 0 Å². The smallest absolute Gasteiger partial charge is 0.324 e. The minimum atomic E-state index is -0.477. The normalized spacial score (nSPS) is 13.8. The van der Waals surface area contributed by atoms with Crippen molar-refractivity contribution < 1.29 is 9.53 Å². The van der Waals surface area contributed by atoms with Gasteiger partial charge in [-0.3, -0.25) is 4.79 Å². The molecule has 0 saturated heterocycles. The predicted molar refractivity (Wildman–Crippen MR) is 55.7 cm³/mol. The van der Waals surface area contributed by atoms with E-state index in [2.05, 4.69) is 5.32 Å². The van der Waals surface area contributed by atoms with Gasteiger partial charge in [0.2, 0.25) is 0 Å². The summed E-state index contributed by atoms with van der Waals surface area (Å²) in [5, 5.41) is 2.92. The van der Waals surface area contributed by atoms with Crippen LogP contribution in [0.3, 0.4) is 0 Å². The lowest BCUT2D eigenvalue weighted by Crippen LogP contribution is -2.47. The zero-order valence-corrected chi connectivity index (χ0v) is 9.17. The third kappa shape index (κ3) is 5.90. The van der Waals surface area contributed by atoms with Crippen LogP contribution in [0, 0.1) is 0 Å². The standard InChI is InChI=1S/C9H21N3O2/c1-9(2,3)14-8(13)7(6-11)12-5-4-10/h7,12H,4-6,10-11H2,1-3H3. The minimum Gasteiger partial charge on any atom is -0.459 e. The molecule has 0 amide bonds. The van der Waals surface area contributed by atoms with Crippen molar-refractivity contribution in [2.24, 2.45) is 11.5 Å². The second-order valence-corrected chi connectivity index (χ2v) is 4.06. The van der Waals surface area contributed by atoms with Crippen LogP contribution in [0.25, 0.3) is 0 Å². The average molecular weight is 203 g/mol. The topological polar surface area (TPSA) is 90.4 Å². The van der Waals surface area contributed by atoms with E-state index in [1.807, 2.05) is 20.8 Å². The summed E-state index contributed by atoms with van der Waals surface area (Å²) in [5.41, 5.74) is 10.3. The van der Waals surface area contributed by atoms with Crippen LogP contribution in [-0.2, 0) is 9.53 Å². The summed E-state index contributed by atoms with van der Waals surface area (Å²) in [4.78, 5) is 11.5. The second kappa shape index (κ2) is 5.95. The van der Waals surface area contributed by atoms with E-state index in [0.717, 1.165) is 0 Å². The van der Waals surface area contributed by atoms with Crippen molar-refractivity contribution in [2.45, 2.75) is 32.4 Å². The average Bonchev–Trinajstić information content (AvgIpc) is 2.02. The predicted octanol–water partition coefficient (Wildman–Crippen LogP) is -0.796. The maximum absolute atomic E-state index is 11.5. The van der Waals surface area contributed by atoms with E-state index in [9.17, 15) is 4.79 Å². The maximum atomic E-state index is 11.5. The largest absolute Gasteiger partial charge is 0.459 e. The van der Waals surface area contributed by atoms with Gasteiger partial charge in [0.05, 0.1) is 0 Å². The minimum absolute atomic E-state index is 0.217. The molecule has 0 spiro atoms. The zero-order valence-electron chi connectivity index (χ0n) is 9.17. The quantitative estimate of drug-likeness (QED) is 0.509. The highest BCUT2D eigenvalue weighted by Crippen LogP contribution is 2.07. The number of hydrogen-bond donors (Lipinski definition) is 3. The van der Waals surface area contributed by atoms with Crippen molar-refractivity contribution in [3.05, 3.63) is 0 Å². The fourth-order valence-electron chi connectivity index (χ4n) is 0.893. The number of nitrogens with two attached hydrogens (primary N) is 2. The van der Waals surface area contributed by atoms with Crippen molar-refractivity contribution in [2.75, 3.05) is 19.6 Å². The summed E-state index contributed by atoms with van der Waals surface area (Å²) in [6.07, 6.45) is 0. The number of hydrogen-bond acceptors (Lipinski definition) is 5. The van der Waals surface area contributed by atoms with E-state index < -0.39 is 11.6 Å². The molecule has 5 heteroatoms. The lowest BCUT2D eigenvalue weighted by atomic mass is 10.2. The Kier molecular flexibility index (Phi) is 5.68. The molecule has 0 saturated carbocycles. The zero-order chi connectivity index (χ0) is 11.2. The summed E-state index contributed by atoms with van der Waals surface area (Å²) in [5.74, 6) is -0.326. The SMILES string of the molecule is CC(C)(C)OC(=O)C(CN)NCCN. The molecule has 0 heterocycles. The summed E-state index contributed by atoms with van der Waals surface area (Å²) in [6, 6.07) is -0.460. The highest BCUT2D eigenvalue weighted by Gasteiger charge is 2.23. The molecule has 0 radical (unpaired) electrons. The van der Waals surface area contributed by atoms with E-state index in [4.69, 9.17) is 16.2 Å².